The van der Waals surface area contributed by atoms with E-state index in [1.807, 2.05) is 0 Å². The van der Waals surface area contributed by atoms with Gasteiger partial charge >= 0.3 is 0 Å². The molecule has 8 heavy (non-hydrogen) atoms. The predicted octanol–water partition coefficient (Wildman–Crippen LogP) is 0.757. The first-order valence-electron chi connectivity index (χ1n) is 3.71. The van der Waals surface area contributed by atoms with Gasteiger partial charge in [0.1, 0.15) is 0 Å². The van der Waals surface area contributed by atoms with Crippen molar-refractivity contribution in [3.05, 3.63) is 0 Å². The van der Waals surface area contributed by atoms with Crippen LogP contribution in [0.3, 0.4) is 0 Å². The van der Waals surface area contributed by atoms with Gasteiger partial charge in [0, 0.05) is 12.1 Å². The first-order valence-corrected chi connectivity index (χ1v) is 3.71. The molecule has 0 radical (unpaired) electrons. The van der Waals surface area contributed by atoms with Crippen LogP contribution in [0, 0.1) is 11.8 Å². The van der Waals surface area contributed by atoms with Crippen LogP contribution in [0.15, 0.2) is 0 Å². The largest absolute Gasteiger partial charge is 0.308 e. The minimum absolute atomic E-state index is 0.994. The first-order chi connectivity index (χ1) is 3.95. The van der Waals surface area contributed by atoms with E-state index in [0.717, 1.165) is 23.9 Å². The summed E-state index contributed by atoms with van der Waals surface area (Å²) in [4.78, 5) is 0. The quantitative estimate of drug-likeness (QED) is 0.456. The average molecular weight is 109 g/mol. The Morgan fingerprint density at radius 1 is 1.00 bits per heavy atom. The predicted molar refractivity (Wildman–Crippen MR) is 31.5 cm³/mol. The molecule has 0 spiro atoms. The van der Waals surface area contributed by atoms with E-state index in [2.05, 4.69) is 5.32 Å². The van der Waals surface area contributed by atoms with Crippen LogP contribution in [0.4, 0.5) is 0 Å². The maximum Gasteiger partial charge on any atom is 0.0255 e. The fraction of sp³-hybridized carbons (Fsp3) is 1.00. The van der Waals surface area contributed by atoms with Crippen molar-refractivity contribution in [2.45, 2.75) is 31.3 Å². The molecule has 44 valence electrons. The van der Waals surface area contributed by atoms with Crippen molar-refractivity contribution in [1.29, 1.82) is 0 Å². The Morgan fingerprint density at radius 3 is 2.00 bits per heavy atom. The molecule has 1 heterocycles. The van der Waals surface area contributed by atoms with Crippen LogP contribution in [0.2, 0.25) is 0 Å². The second-order valence-corrected chi connectivity index (χ2v) is 3.55. The van der Waals surface area contributed by atoms with E-state index < -0.39 is 0 Å². The first kappa shape index (κ1) is 3.89. The maximum absolute atomic E-state index is 3.53. The molecule has 2 aliphatic carbocycles. The standard InChI is InChI=1S/C7H11N/c1-2-5-3-4(1)6-7(5)8-6/h4-8H,1-3H2. The second kappa shape index (κ2) is 0.971. The second-order valence-electron chi connectivity index (χ2n) is 3.55. The van der Waals surface area contributed by atoms with Crippen LogP contribution in [0.5, 0.6) is 0 Å². The molecule has 0 aromatic rings. The minimum Gasteiger partial charge on any atom is -0.308 e. The third-order valence-corrected chi connectivity index (χ3v) is 3.19. The van der Waals surface area contributed by atoms with Gasteiger partial charge in [0.25, 0.3) is 0 Å². The van der Waals surface area contributed by atoms with Crippen molar-refractivity contribution >= 4 is 0 Å². The van der Waals surface area contributed by atoms with Gasteiger partial charge in [0.05, 0.1) is 0 Å². The summed E-state index contributed by atoms with van der Waals surface area (Å²) in [7, 11) is 0. The van der Waals surface area contributed by atoms with Crippen molar-refractivity contribution in [2.75, 3.05) is 0 Å². The van der Waals surface area contributed by atoms with Crippen LogP contribution in [-0.4, -0.2) is 12.1 Å². The number of rotatable bonds is 0. The Kier molecular flexibility index (Phi) is 0.472. The highest BCUT2D eigenvalue weighted by molar-refractivity contribution is 5.15. The Morgan fingerprint density at radius 2 is 1.62 bits per heavy atom. The third-order valence-electron chi connectivity index (χ3n) is 3.19. The highest BCUT2D eigenvalue weighted by atomic mass is 15.2. The monoisotopic (exact) mass is 109 g/mol. The van der Waals surface area contributed by atoms with Crippen molar-refractivity contribution in [2.24, 2.45) is 11.8 Å². The van der Waals surface area contributed by atoms with E-state index in [4.69, 9.17) is 0 Å². The topological polar surface area (TPSA) is 21.9 Å². The van der Waals surface area contributed by atoms with Crippen LogP contribution in [-0.2, 0) is 0 Å². The summed E-state index contributed by atoms with van der Waals surface area (Å²) < 4.78 is 0. The molecule has 0 aromatic heterocycles. The molecule has 1 aliphatic heterocycles. The summed E-state index contributed by atoms with van der Waals surface area (Å²) in [5.41, 5.74) is 0. The number of piperidine rings is 1. The Hall–Kier alpha value is -0.0400. The molecule has 2 saturated carbocycles. The van der Waals surface area contributed by atoms with Crippen molar-refractivity contribution < 1.29 is 0 Å². The van der Waals surface area contributed by atoms with E-state index >= 15 is 0 Å². The molecule has 4 unspecified atom stereocenters. The van der Waals surface area contributed by atoms with Crippen LogP contribution >= 0.6 is 0 Å². The van der Waals surface area contributed by atoms with E-state index in [9.17, 15) is 0 Å². The van der Waals surface area contributed by atoms with Crippen molar-refractivity contribution in [3.63, 3.8) is 0 Å². The van der Waals surface area contributed by atoms with Gasteiger partial charge in [-0.2, -0.15) is 0 Å². The molecule has 4 atom stereocenters. The summed E-state index contributed by atoms with van der Waals surface area (Å²) >= 11 is 0. The lowest BCUT2D eigenvalue weighted by atomic mass is 10.0. The molecule has 3 rings (SSSR count). The van der Waals surface area contributed by atoms with Gasteiger partial charge in [-0.25, -0.2) is 0 Å². The molecule has 1 N–H and O–H groups in total. The zero-order valence-electron chi connectivity index (χ0n) is 4.93. The van der Waals surface area contributed by atoms with Crippen molar-refractivity contribution in [3.8, 4) is 0 Å². The number of fused-ring (bicyclic) bond motifs is 5. The normalized spacial score (nSPS) is 66.0. The van der Waals surface area contributed by atoms with Gasteiger partial charge in [-0.1, -0.05) is 0 Å². The molecule has 3 fully saturated rings. The third kappa shape index (κ3) is 0.278. The maximum atomic E-state index is 3.53. The molecular weight excluding hydrogens is 98.1 g/mol. The van der Waals surface area contributed by atoms with E-state index in [-0.39, 0.29) is 0 Å². The Bertz CT molecular complexity index is 118. The van der Waals surface area contributed by atoms with E-state index in [1.54, 1.807) is 6.42 Å². The van der Waals surface area contributed by atoms with Crippen LogP contribution < -0.4 is 5.32 Å². The lowest BCUT2D eigenvalue weighted by molar-refractivity contribution is 0.546. The minimum atomic E-state index is 0.994. The fourth-order valence-electron chi connectivity index (χ4n) is 2.73. The van der Waals surface area contributed by atoms with Crippen LogP contribution in [0.25, 0.3) is 0 Å². The van der Waals surface area contributed by atoms with E-state index in [0.29, 0.717) is 0 Å². The van der Waals surface area contributed by atoms with E-state index in [1.165, 1.54) is 12.8 Å². The summed E-state index contributed by atoms with van der Waals surface area (Å²) in [5, 5.41) is 3.53. The molecule has 1 heteroatoms. The highest BCUT2D eigenvalue weighted by Gasteiger charge is 2.56. The van der Waals surface area contributed by atoms with Gasteiger partial charge in [0.2, 0.25) is 0 Å². The molecule has 2 bridgehead atoms. The zero-order chi connectivity index (χ0) is 5.14. The number of hydrogen-bond acceptors (Lipinski definition) is 1. The smallest absolute Gasteiger partial charge is 0.0255 e. The summed E-state index contributed by atoms with van der Waals surface area (Å²) in [6.45, 7) is 0. The van der Waals surface area contributed by atoms with Crippen molar-refractivity contribution in [1.82, 2.24) is 5.32 Å². The molecule has 0 aromatic carbocycles. The SMILES string of the molecule is C1CC2CC1C1NC21. The zero-order valence-corrected chi connectivity index (χ0v) is 4.93. The fourth-order valence-corrected chi connectivity index (χ4v) is 2.73. The number of nitrogens with one attached hydrogen (secondary N) is 1. The van der Waals surface area contributed by atoms with Gasteiger partial charge in [-0.05, 0) is 31.1 Å². The molecule has 1 nitrogen and oxygen atoms in total. The number of hydrogen-bond donors (Lipinski definition) is 1. The Labute approximate surface area is 49.5 Å². The average Bonchev–Trinajstić information content (AvgIpc) is 2.39. The molecular formula is C7H11N. The Balaban J connectivity index is 2.02. The van der Waals surface area contributed by atoms with Gasteiger partial charge in [-0.3, -0.25) is 0 Å². The summed E-state index contributed by atoms with van der Waals surface area (Å²) in [6.07, 6.45) is 4.61. The lowest BCUT2D eigenvalue weighted by Crippen LogP contribution is -2.04. The van der Waals surface area contributed by atoms with Gasteiger partial charge < -0.3 is 5.32 Å². The van der Waals surface area contributed by atoms with Crippen LogP contribution in [0.1, 0.15) is 19.3 Å². The molecule has 3 aliphatic rings. The van der Waals surface area contributed by atoms with Gasteiger partial charge in [-0.15, -0.1) is 0 Å². The highest BCUT2D eigenvalue weighted by Crippen LogP contribution is 2.51. The summed E-state index contributed by atoms with van der Waals surface area (Å²) in [6, 6.07) is 1.99. The lowest BCUT2D eigenvalue weighted by Gasteiger charge is -2.02. The summed E-state index contributed by atoms with van der Waals surface area (Å²) in [5.74, 6) is 2.20. The van der Waals surface area contributed by atoms with Gasteiger partial charge in [0.15, 0.2) is 0 Å². The molecule has 0 amide bonds. The molecule has 1 saturated heterocycles.